The number of hydrogen-bond donors (Lipinski definition) is 3. The average molecular weight is 666 g/mol. The second-order valence-corrected chi connectivity index (χ2v) is 10.9. The van der Waals surface area contributed by atoms with Crippen LogP contribution in [-0.4, -0.2) is 90.8 Å². The van der Waals surface area contributed by atoms with E-state index in [0.29, 0.717) is 19.6 Å². The van der Waals surface area contributed by atoms with E-state index in [-0.39, 0.29) is 54.5 Å². The second-order valence-electron chi connectivity index (χ2n) is 9.96. The van der Waals surface area contributed by atoms with Crippen molar-refractivity contribution in [2.24, 2.45) is 15.8 Å². The highest BCUT2D eigenvalue weighted by molar-refractivity contribution is 7.10. The molecule has 2 aromatic rings. The van der Waals surface area contributed by atoms with Crippen molar-refractivity contribution < 1.29 is 37.7 Å². The molecule has 1 amide bonds. The van der Waals surface area contributed by atoms with Gasteiger partial charge in [-0.25, -0.2) is 14.4 Å². The second kappa shape index (κ2) is 20.8. The van der Waals surface area contributed by atoms with Gasteiger partial charge in [0.15, 0.2) is 5.82 Å². The van der Waals surface area contributed by atoms with Crippen molar-refractivity contribution in [1.29, 1.82) is 0 Å². The van der Waals surface area contributed by atoms with Crippen LogP contribution in [0.2, 0.25) is 0 Å². The zero-order valence-corrected chi connectivity index (χ0v) is 27.0. The number of aliphatic hydroxyl groups is 1. The molecule has 0 bridgehead atoms. The van der Waals surface area contributed by atoms with Gasteiger partial charge in [0.2, 0.25) is 5.95 Å². The number of halogens is 2. The van der Waals surface area contributed by atoms with E-state index >= 15 is 0 Å². The van der Waals surface area contributed by atoms with E-state index < -0.39 is 23.4 Å². The summed E-state index contributed by atoms with van der Waals surface area (Å²) in [6.07, 6.45) is 9.45. The number of nitrogens with two attached hydrogens (primary N) is 1. The van der Waals surface area contributed by atoms with Crippen LogP contribution in [0.25, 0.3) is 5.70 Å². The fourth-order valence-corrected chi connectivity index (χ4v) is 5.07. The zero-order valence-electron chi connectivity index (χ0n) is 26.2. The Balaban J connectivity index is 0.000000577. The summed E-state index contributed by atoms with van der Waals surface area (Å²) in [5.41, 5.74) is 5.75. The quantitative estimate of drug-likeness (QED) is 0.139. The van der Waals surface area contributed by atoms with Crippen LogP contribution < -0.4 is 11.1 Å². The molecule has 1 saturated carbocycles. The number of nitrogens with zero attached hydrogens (tertiary/aromatic N) is 5. The number of aliphatic imine (C=N–C) groups is 1. The molecule has 1 atom stereocenters. The largest absolute Gasteiger partial charge is 0.469 e. The van der Waals surface area contributed by atoms with Crippen LogP contribution in [0.5, 0.6) is 0 Å². The highest BCUT2D eigenvalue weighted by Crippen LogP contribution is 2.24. The highest BCUT2D eigenvalue weighted by atomic mass is 32.1. The number of aromatic nitrogens is 2. The van der Waals surface area contributed by atoms with Crippen LogP contribution in [0.1, 0.15) is 79.0 Å². The summed E-state index contributed by atoms with van der Waals surface area (Å²) in [5, 5.41) is 18.6. The van der Waals surface area contributed by atoms with Crippen LogP contribution >= 0.6 is 11.3 Å². The number of amides is 1. The van der Waals surface area contributed by atoms with Crippen LogP contribution in [0.15, 0.2) is 33.3 Å². The molecule has 252 valence electrons. The topological polar surface area (TPSA) is 182 Å². The fraction of sp³-hybridized carbons (Fsp3) is 0.500. The molecule has 13 nitrogen and oxygen atoms in total. The van der Waals surface area contributed by atoms with Gasteiger partial charge in [-0.15, -0.1) is 11.3 Å². The molecule has 2 aromatic heterocycles. The number of carbonyl (C=O) groups excluding carboxylic acids is 3. The van der Waals surface area contributed by atoms with Crippen LogP contribution in [0, 0.1) is 11.8 Å². The number of thiazole rings is 1. The van der Waals surface area contributed by atoms with Crippen molar-refractivity contribution in [1.82, 2.24) is 20.3 Å². The first-order chi connectivity index (χ1) is 22.2. The molecule has 2 aliphatic rings. The van der Waals surface area contributed by atoms with E-state index in [1.54, 1.807) is 30.6 Å². The third-order valence-corrected chi connectivity index (χ3v) is 7.43. The lowest BCUT2D eigenvalue weighted by molar-refractivity contribution is -0.141. The van der Waals surface area contributed by atoms with Gasteiger partial charge in [-0.2, -0.15) is 9.49 Å². The smallest absolute Gasteiger partial charge is 0.305 e. The number of esters is 1. The van der Waals surface area contributed by atoms with Gasteiger partial charge in [0.1, 0.15) is 29.4 Å². The molecule has 1 aliphatic carbocycles. The maximum absolute atomic E-state index is 14.4. The molecule has 1 aliphatic heterocycles. The first-order valence-corrected chi connectivity index (χ1v) is 15.6. The number of hydrazone groups is 1. The summed E-state index contributed by atoms with van der Waals surface area (Å²) >= 11 is 1.33. The van der Waals surface area contributed by atoms with Crippen molar-refractivity contribution in [3.8, 4) is 0 Å². The summed E-state index contributed by atoms with van der Waals surface area (Å²) in [6.45, 7) is 2.89. The van der Waals surface area contributed by atoms with E-state index in [0.717, 1.165) is 49.2 Å². The Bertz CT molecular complexity index is 1360. The lowest BCUT2D eigenvalue weighted by Crippen LogP contribution is -2.28. The van der Waals surface area contributed by atoms with E-state index in [2.05, 4.69) is 30.1 Å². The fourth-order valence-electron chi connectivity index (χ4n) is 4.21. The maximum Gasteiger partial charge on any atom is 0.305 e. The first kappa shape index (κ1) is 38.0. The van der Waals surface area contributed by atoms with E-state index in [9.17, 15) is 23.2 Å². The third-order valence-electron chi connectivity index (χ3n) is 6.46. The summed E-state index contributed by atoms with van der Waals surface area (Å²) in [6, 6.07) is 1.92. The molecule has 1 unspecified atom stereocenters. The number of rotatable bonds is 11. The highest BCUT2D eigenvalue weighted by Gasteiger charge is 2.24. The Kier molecular flexibility index (Phi) is 17.2. The Morgan fingerprint density at radius 2 is 1.93 bits per heavy atom. The number of nitrogens with one attached hydrogen (secondary N) is 1. The van der Waals surface area contributed by atoms with Crippen LogP contribution in [0.4, 0.5) is 8.78 Å². The average Bonchev–Trinajstić information content (AvgIpc) is 3.74. The number of pyridine rings is 1. The number of ether oxygens (including phenoxy) is 2. The molecular weight excluding hydrogens is 624 g/mol. The number of aldehydes is 1. The van der Waals surface area contributed by atoms with Gasteiger partial charge in [0, 0.05) is 37.9 Å². The number of hydrogen-bond acceptors (Lipinski definition) is 13. The molecule has 46 heavy (non-hydrogen) atoms. The van der Waals surface area contributed by atoms with E-state index in [1.807, 2.05) is 0 Å². The molecule has 0 aromatic carbocycles. The van der Waals surface area contributed by atoms with Crippen molar-refractivity contribution in [3.05, 3.63) is 51.4 Å². The molecular formula is C30H41F2N7O6S. The third kappa shape index (κ3) is 12.7. The molecule has 1 fully saturated rings. The summed E-state index contributed by atoms with van der Waals surface area (Å²) < 4.78 is 37.4. The van der Waals surface area contributed by atoms with Gasteiger partial charge in [-0.1, -0.05) is 19.3 Å². The van der Waals surface area contributed by atoms with E-state index in [1.165, 1.54) is 24.7 Å². The molecule has 16 heteroatoms. The van der Waals surface area contributed by atoms with Gasteiger partial charge in [-0.3, -0.25) is 19.6 Å². The van der Waals surface area contributed by atoms with Crippen molar-refractivity contribution in [2.45, 2.75) is 63.8 Å². The minimum absolute atomic E-state index is 0.0424. The lowest BCUT2D eigenvalue weighted by atomic mass is 9.96. The monoisotopic (exact) mass is 665 g/mol. The SMILES string of the molecule is CCO.COC(=O)CCC=O.COCN1CC(c2nc(C(=O)N/C(C=NC3CCCCC3)=C(/N)c3nc(F)ccc3F)cs2)C=N1. The molecule has 0 spiro atoms. The van der Waals surface area contributed by atoms with Gasteiger partial charge >= 0.3 is 5.97 Å². The standard InChI is InChI=1S/C23H27F2N7O2S.C5H8O3.C2H6O/c1-34-13-32-11-14(9-28-32)23-30-18(12-35-23)22(33)29-17(10-27-15-5-3-2-4-6-15)20(26)21-16(24)7-8-19(25)31-21;1-8-5(7)3-2-4-6;1-2-3/h7-10,12,14-15H,2-6,11,13,26H2,1H3,(H,29,33);4H,2-3H2,1H3;3H,2H2,1H3/b20-17+,27-10?;;. The Morgan fingerprint density at radius 3 is 2.59 bits per heavy atom. The van der Waals surface area contributed by atoms with Gasteiger partial charge < -0.3 is 30.4 Å². The van der Waals surface area contributed by atoms with Crippen molar-refractivity contribution >= 4 is 47.6 Å². The number of carbonyl (C=O) groups is 3. The maximum atomic E-state index is 14.4. The minimum Gasteiger partial charge on any atom is -0.469 e. The van der Waals surface area contributed by atoms with Gasteiger partial charge in [0.25, 0.3) is 5.91 Å². The van der Waals surface area contributed by atoms with Gasteiger partial charge in [0.05, 0.1) is 43.4 Å². The molecule has 3 heterocycles. The van der Waals surface area contributed by atoms with Crippen molar-refractivity contribution in [2.75, 3.05) is 34.1 Å². The first-order valence-electron chi connectivity index (χ1n) is 14.7. The predicted molar refractivity (Wildman–Crippen MR) is 170 cm³/mol. The van der Waals surface area contributed by atoms with E-state index in [4.69, 9.17) is 15.6 Å². The number of aliphatic hydroxyl groups excluding tert-OH is 1. The number of methoxy groups -OCH3 is 2. The minimum atomic E-state index is -0.885. The number of allylic oxidation sites excluding steroid dienone is 1. The predicted octanol–water partition coefficient (Wildman–Crippen LogP) is 3.40. The molecule has 4 rings (SSSR count). The summed E-state index contributed by atoms with van der Waals surface area (Å²) in [7, 11) is 2.89. The summed E-state index contributed by atoms with van der Waals surface area (Å²) in [4.78, 5) is 45.4. The Hall–Kier alpha value is -4.15. The van der Waals surface area contributed by atoms with Gasteiger partial charge in [-0.05, 0) is 31.9 Å². The molecule has 4 N–H and O–H groups in total. The normalized spacial score (nSPS) is 16.6. The zero-order chi connectivity index (χ0) is 33.9. The lowest BCUT2D eigenvalue weighted by Gasteiger charge is -2.18. The Labute approximate surface area is 270 Å². The van der Waals surface area contributed by atoms with Crippen molar-refractivity contribution in [3.63, 3.8) is 0 Å². The van der Waals surface area contributed by atoms with Crippen LogP contribution in [-0.2, 0) is 19.1 Å². The molecule has 0 radical (unpaired) electrons. The van der Waals surface area contributed by atoms with Crippen LogP contribution in [0.3, 0.4) is 0 Å². The molecule has 0 saturated heterocycles. The summed E-state index contributed by atoms with van der Waals surface area (Å²) in [5.74, 6) is -2.63. The Morgan fingerprint density at radius 1 is 1.22 bits per heavy atom.